The average Bonchev–Trinajstić information content (AvgIpc) is 3.55. The van der Waals surface area contributed by atoms with Crippen molar-refractivity contribution in [3.8, 4) is 5.75 Å². The van der Waals surface area contributed by atoms with Crippen molar-refractivity contribution in [1.29, 1.82) is 0 Å². The van der Waals surface area contributed by atoms with Crippen molar-refractivity contribution in [3.05, 3.63) is 124 Å². The van der Waals surface area contributed by atoms with Crippen LogP contribution < -0.4 is 26.6 Å². The van der Waals surface area contributed by atoms with Gasteiger partial charge in [-0.1, -0.05) is 32.1 Å². The molecule has 0 aromatic heterocycles. The molecule has 0 fully saturated rings. The van der Waals surface area contributed by atoms with Gasteiger partial charge in [-0.15, -0.1) is 0 Å². The molecule has 3 aromatic rings. The summed E-state index contributed by atoms with van der Waals surface area (Å²) in [4.78, 5) is 13.0. The van der Waals surface area contributed by atoms with Gasteiger partial charge in [0.05, 0.1) is 77.0 Å². The van der Waals surface area contributed by atoms with E-state index in [-0.39, 0.29) is 92.3 Å². The Balaban J connectivity index is 0.00000420. The summed E-state index contributed by atoms with van der Waals surface area (Å²) < 4.78 is 83.9. The number of quaternary nitrogens is 2. The molecule has 2 aliphatic heterocycles. The van der Waals surface area contributed by atoms with Gasteiger partial charge in [-0.2, -0.15) is 4.58 Å². The molecule has 0 spiro atoms. The summed E-state index contributed by atoms with van der Waals surface area (Å²) in [7, 11) is 3.51. The van der Waals surface area contributed by atoms with E-state index in [1.165, 1.54) is 24.3 Å². The first-order valence-corrected chi connectivity index (χ1v) is 25.4. The number of carboxylic acids is 1. The molecule has 6 rings (SSSR count). The number of allylic oxidation sites excluding steroid dienone is 7. The van der Waals surface area contributed by atoms with E-state index < -0.39 is 37.0 Å². The molecule has 366 valence electrons. The van der Waals surface area contributed by atoms with Crippen LogP contribution in [0.3, 0.4) is 0 Å². The molecule has 0 atom stereocenters. The third-order valence-corrected chi connectivity index (χ3v) is 14.5. The summed E-state index contributed by atoms with van der Waals surface area (Å²) in [6, 6.07) is 16.8. The van der Waals surface area contributed by atoms with Gasteiger partial charge in [0.15, 0.2) is 12.3 Å². The van der Waals surface area contributed by atoms with Gasteiger partial charge in [-0.3, -0.25) is 4.79 Å². The number of anilines is 1. The molecule has 2 radical (unpaired) electrons. The molecule has 0 saturated carbocycles. The number of aliphatic carboxylic acids is 1. The Labute approximate surface area is 465 Å². The Morgan fingerprint density at radius 3 is 1.94 bits per heavy atom. The summed E-state index contributed by atoms with van der Waals surface area (Å²) in [5, 5.41) is 9.27. The van der Waals surface area contributed by atoms with Crippen molar-refractivity contribution in [1.82, 2.24) is 0 Å². The number of benzene rings is 3. The Morgan fingerprint density at radius 1 is 0.783 bits per heavy atom. The van der Waals surface area contributed by atoms with E-state index in [0.29, 0.717) is 43.9 Å². The second-order valence-corrected chi connectivity index (χ2v) is 23.6. The minimum absolute atomic E-state index is 0. The van der Waals surface area contributed by atoms with Crippen LogP contribution >= 0.6 is 0 Å². The van der Waals surface area contributed by atoms with E-state index in [1.807, 2.05) is 52.0 Å². The molecule has 0 saturated heterocycles. The molecule has 13 nitrogen and oxygen atoms in total. The normalized spacial score (nSPS) is 17.9. The largest absolute Gasteiger partial charge is 1.00 e. The van der Waals surface area contributed by atoms with Crippen molar-refractivity contribution in [2.75, 3.05) is 73.4 Å². The Morgan fingerprint density at radius 2 is 1.36 bits per heavy atom. The fourth-order valence-corrected chi connectivity index (χ4v) is 10.3. The number of aryl methyl sites for hydroxylation is 1. The van der Waals surface area contributed by atoms with Crippen LogP contribution in [0.25, 0.3) is 0 Å². The summed E-state index contributed by atoms with van der Waals surface area (Å²) in [5.41, 5.74) is 6.65. The van der Waals surface area contributed by atoms with Gasteiger partial charge in [-0.05, 0) is 116 Å². The van der Waals surface area contributed by atoms with Crippen molar-refractivity contribution in [2.24, 2.45) is 0 Å². The van der Waals surface area contributed by atoms with Gasteiger partial charge in [-0.25, -0.2) is 16.8 Å². The maximum absolute atomic E-state index is 12.2. The smallest absolute Gasteiger partial charge is 0.303 e. The van der Waals surface area contributed by atoms with Gasteiger partial charge in [0.1, 0.15) is 31.7 Å². The number of halogens is 1. The first-order valence-electron chi connectivity index (χ1n) is 22.6. The van der Waals surface area contributed by atoms with E-state index in [1.54, 1.807) is 12.1 Å². The van der Waals surface area contributed by atoms with Gasteiger partial charge in [0, 0.05) is 113 Å². The van der Waals surface area contributed by atoms with Crippen molar-refractivity contribution < 1.29 is 71.1 Å². The van der Waals surface area contributed by atoms with Crippen LogP contribution in [0.4, 0.5) is 11.4 Å². The third kappa shape index (κ3) is 15.1. The molecule has 0 amide bonds. The molecule has 2 heterocycles. The number of carbonyl (C=O) groups is 1. The summed E-state index contributed by atoms with van der Waals surface area (Å²) in [6.45, 7) is 11.4. The SMILES string of the molecule is CC1(C)C(/C=C/C2=C(Oc3ccc(CCC(=O)O)cc3)C(=C/C=C3/N(CCC[N+](C)(C)C)c4ccc(S(=O)(=O)[O-])cc4C3(C)C)/CCC2)=[N+](CCC[N+](C)(C)C)c2ccc(S(=O)(=O)[O-])cc21.[Br-].[Na].[Na]. The minimum atomic E-state index is -4.69. The third-order valence-electron chi connectivity index (χ3n) is 12.9. The fraction of sp³-hybridized carbons (Fsp3) is 0.451. The minimum Gasteiger partial charge on any atom is -1.00 e. The van der Waals surface area contributed by atoms with Gasteiger partial charge in [0.25, 0.3) is 0 Å². The van der Waals surface area contributed by atoms with E-state index in [4.69, 9.17) is 4.74 Å². The second-order valence-electron chi connectivity index (χ2n) is 20.9. The number of nitrogens with zero attached hydrogens (tertiary/aromatic N) is 4. The zero-order valence-corrected chi connectivity index (χ0v) is 49.8. The molecule has 1 N–H and O–H groups in total. The average molecular weight is 1070 g/mol. The molecule has 0 bridgehead atoms. The maximum Gasteiger partial charge on any atom is 0.303 e. The van der Waals surface area contributed by atoms with Crippen molar-refractivity contribution in [3.63, 3.8) is 0 Å². The Hall–Kier alpha value is -2.42. The maximum atomic E-state index is 12.2. The van der Waals surface area contributed by atoms with E-state index in [9.17, 15) is 35.8 Å². The van der Waals surface area contributed by atoms with Gasteiger partial charge >= 0.3 is 5.97 Å². The van der Waals surface area contributed by atoms with Gasteiger partial charge in [0.2, 0.25) is 5.69 Å². The second kappa shape index (κ2) is 23.6. The number of hydrogen-bond acceptors (Lipinski definition) is 9. The molecule has 18 heteroatoms. The number of fused-ring (bicyclic) bond motifs is 2. The monoisotopic (exact) mass is 1070 g/mol. The quantitative estimate of drug-likeness (QED) is 0.0852. The summed E-state index contributed by atoms with van der Waals surface area (Å²) in [5.74, 6) is 0.406. The summed E-state index contributed by atoms with van der Waals surface area (Å²) in [6.07, 6.45) is 12.7. The number of carboxylic acid groups (broad SMARTS) is 1. The predicted octanol–water partition coefficient (Wildman–Crippen LogP) is 4.00. The van der Waals surface area contributed by atoms with Crippen LogP contribution in [0.1, 0.15) is 82.9 Å². The van der Waals surface area contributed by atoms with E-state index in [2.05, 4.69) is 76.1 Å². The molecule has 3 aromatic carbocycles. The molecular weight excluding hydrogens is 1000 g/mol. The topological polar surface area (TPSA) is 167 Å². The first-order chi connectivity index (χ1) is 30.6. The molecule has 69 heavy (non-hydrogen) atoms. The molecule has 3 aliphatic rings. The van der Waals surface area contributed by atoms with Crippen LogP contribution in [0.5, 0.6) is 5.75 Å². The Bertz CT molecular complexity index is 2770. The molecule has 1 aliphatic carbocycles. The number of rotatable bonds is 18. The van der Waals surface area contributed by atoms with Crippen LogP contribution in [-0.2, 0) is 42.3 Å². The van der Waals surface area contributed by atoms with Crippen LogP contribution in [0, 0.1) is 0 Å². The van der Waals surface area contributed by atoms with Crippen LogP contribution in [0.2, 0.25) is 0 Å². The van der Waals surface area contributed by atoms with Crippen LogP contribution in [0.15, 0.2) is 117 Å². The first kappa shape index (κ1) is 60.9. The number of hydrogen-bond donors (Lipinski definition) is 1. The molecule has 0 unspecified atom stereocenters. The van der Waals surface area contributed by atoms with E-state index >= 15 is 0 Å². The number of ether oxygens (including phenoxy) is 1. The zero-order valence-electron chi connectivity index (χ0n) is 42.6. The van der Waals surface area contributed by atoms with Gasteiger partial charge < -0.3 is 49.8 Å². The predicted molar refractivity (Wildman–Crippen MR) is 268 cm³/mol. The molecular formula is C51H67BrN4Na2O9S2. The zero-order chi connectivity index (χ0) is 48.6. The Kier molecular flexibility index (Phi) is 20.9. The fourth-order valence-electron chi connectivity index (χ4n) is 9.31. The van der Waals surface area contributed by atoms with Crippen LogP contribution in [-0.4, -0.2) is 184 Å². The van der Waals surface area contributed by atoms with Crippen molar-refractivity contribution in [2.45, 2.75) is 93.3 Å². The van der Waals surface area contributed by atoms with Crippen molar-refractivity contribution >= 4 is 102 Å². The summed E-state index contributed by atoms with van der Waals surface area (Å²) >= 11 is 0. The standard InChI is InChI=1S/C51H66N4O9S2.BrH.2Na/c1-50(2)42-34-40(65(58,59)60)23-25-44(42)52(30-12-32-54(5,6)7)46(50)27-19-37-14-11-15-38(49(37)64-39-21-16-36(17-22-39)18-29-48(56)57)20-28-47-51(3,4)43-35-41(66(61,62)63)24-26-45(43)53(47)31-13-33-55(8,9)10;;;/h16-17,19-28,34-35H,11-15,18,29-33H2,1-10H3;1H;;. The van der Waals surface area contributed by atoms with E-state index in [0.717, 1.165) is 91.9 Å².